The number of piperidine rings is 1. The Bertz CT molecular complexity index is 847. The fourth-order valence-electron chi connectivity index (χ4n) is 6.07. The van der Waals surface area contributed by atoms with Crippen molar-refractivity contribution in [2.75, 3.05) is 39.4 Å². The van der Waals surface area contributed by atoms with Crippen LogP contribution in [-0.2, 0) is 11.3 Å². The number of aliphatic hydroxyl groups is 1. The predicted octanol–water partition coefficient (Wildman–Crippen LogP) is 1.43. The summed E-state index contributed by atoms with van der Waals surface area (Å²) in [4.78, 5) is 30.7. The lowest BCUT2D eigenvalue weighted by Gasteiger charge is -2.46. The number of ether oxygens (including phenoxy) is 1. The highest BCUT2D eigenvalue weighted by atomic mass is 16.5. The topological polar surface area (TPSA) is 75.0 Å². The summed E-state index contributed by atoms with van der Waals surface area (Å²) in [6, 6.07) is 4.47. The number of carbonyl (C=O) groups is 1. The summed E-state index contributed by atoms with van der Waals surface area (Å²) in [5.74, 6) is 0.637. The van der Waals surface area contributed by atoms with Crippen molar-refractivity contribution in [2.24, 2.45) is 5.92 Å². The lowest BCUT2D eigenvalue weighted by Crippen LogP contribution is -2.52. The molecule has 0 radical (unpaired) electrons. The van der Waals surface area contributed by atoms with E-state index >= 15 is 0 Å². The molecular weight excluding hydrogens is 382 g/mol. The van der Waals surface area contributed by atoms with E-state index in [4.69, 9.17) is 4.74 Å². The number of aliphatic hydroxyl groups excluding tert-OH is 1. The number of carbonyl (C=O) groups excluding carboxylic acids is 1. The quantitative estimate of drug-likeness (QED) is 0.809. The molecule has 1 aromatic rings. The summed E-state index contributed by atoms with van der Waals surface area (Å²) < 4.78 is 7.33. The smallest absolute Gasteiger partial charge is 0.263 e. The van der Waals surface area contributed by atoms with Gasteiger partial charge in [0.15, 0.2) is 0 Å². The fourth-order valence-corrected chi connectivity index (χ4v) is 6.07. The van der Waals surface area contributed by atoms with Crippen molar-refractivity contribution in [3.8, 4) is 0 Å². The summed E-state index contributed by atoms with van der Waals surface area (Å²) in [7, 11) is 0. The first kappa shape index (κ1) is 20.2. The van der Waals surface area contributed by atoms with Gasteiger partial charge in [-0.25, -0.2) is 0 Å². The molecule has 4 heterocycles. The standard InChI is InChI=1S/C23H33N3O4/c27-15-19-14-24(8-9-30-19)22(28)20-6-7-21-17-10-16(12-26(21)23(20)29)11-25(13-17)18-4-2-1-3-5-18/h6-7,16-19,27H,1-5,8-15H2/t16-,17+,19+/m0/s1. The molecular formula is C23H33N3O4. The summed E-state index contributed by atoms with van der Waals surface area (Å²) in [6.07, 6.45) is 7.47. The highest BCUT2D eigenvalue weighted by Crippen LogP contribution is 2.37. The first-order chi connectivity index (χ1) is 14.6. The van der Waals surface area contributed by atoms with Gasteiger partial charge in [0.1, 0.15) is 5.56 Å². The maximum Gasteiger partial charge on any atom is 0.263 e. The van der Waals surface area contributed by atoms with E-state index in [2.05, 4.69) is 4.90 Å². The Labute approximate surface area is 177 Å². The highest BCUT2D eigenvalue weighted by Gasteiger charge is 2.38. The van der Waals surface area contributed by atoms with Crippen LogP contribution in [0.4, 0.5) is 0 Å². The van der Waals surface area contributed by atoms with Crippen LogP contribution in [0, 0.1) is 5.92 Å². The van der Waals surface area contributed by atoms with Crippen LogP contribution in [0.5, 0.6) is 0 Å². The lowest BCUT2D eigenvalue weighted by molar-refractivity contribution is -0.0448. The Morgan fingerprint density at radius 1 is 1.10 bits per heavy atom. The summed E-state index contributed by atoms with van der Waals surface area (Å²) in [5, 5.41) is 9.35. The largest absolute Gasteiger partial charge is 0.394 e. The van der Waals surface area contributed by atoms with Gasteiger partial charge in [0.2, 0.25) is 0 Å². The molecule has 2 saturated heterocycles. The maximum atomic E-state index is 13.3. The second-order valence-corrected chi connectivity index (χ2v) is 9.56. The minimum absolute atomic E-state index is 0.117. The second-order valence-electron chi connectivity index (χ2n) is 9.56. The van der Waals surface area contributed by atoms with Crippen molar-refractivity contribution < 1.29 is 14.6 Å². The van der Waals surface area contributed by atoms with Crippen molar-refractivity contribution in [3.63, 3.8) is 0 Å². The van der Waals surface area contributed by atoms with Gasteiger partial charge in [-0.15, -0.1) is 0 Å². The molecule has 1 aliphatic carbocycles. The molecule has 1 amide bonds. The Morgan fingerprint density at radius 2 is 1.93 bits per heavy atom. The molecule has 3 aliphatic heterocycles. The molecule has 7 heteroatoms. The average molecular weight is 416 g/mol. The van der Waals surface area contributed by atoms with Crippen molar-refractivity contribution >= 4 is 5.91 Å². The monoisotopic (exact) mass is 415 g/mol. The second kappa shape index (κ2) is 8.44. The van der Waals surface area contributed by atoms with Crippen molar-refractivity contribution in [1.82, 2.24) is 14.4 Å². The Morgan fingerprint density at radius 3 is 2.73 bits per heavy atom. The lowest BCUT2D eigenvalue weighted by atomic mass is 9.81. The van der Waals surface area contributed by atoms with Crippen molar-refractivity contribution in [1.29, 1.82) is 0 Å². The summed E-state index contributed by atoms with van der Waals surface area (Å²) >= 11 is 0. The molecule has 1 aromatic heterocycles. The van der Waals surface area contributed by atoms with Crippen LogP contribution in [0.1, 0.15) is 60.5 Å². The van der Waals surface area contributed by atoms with Gasteiger partial charge in [-0.3, -0.25) is 14.5 Å². The van der Waals surface area contributed by atoms with Crippen molar-refractivity contribution in [2.45, 2.75) is 63.1 Å². The van der Waals surface area contributed by atoms with Crippen LogP contribution in [-0.4, -0.2) is 76.9 Å². The Kier molecular flexibility index (Phi) is 5.69. The molecule has 7 nitrogen and oxygen atoms in total. The number of nitrogens with zero attached hydrogens (tertiary/aromatic N) is 3. The van der Waals surface area contributed by atoms with Gasteiger partial charge in [-0.2, -0.15) is 0 Å². The number of hydrogen-bond acceptors (Lipinski definition) is 5. The van der Waals surface area contributed by atoms with Gasteiger partial charge in [0.25, 0.3) is 11.5 Å². The van der Waals surface area contributed by atoms with Crippen LogP contribution >= 0.6 is 0 Å². The molecule has 1 saturated carbocycles. The van der Waals surface area contributed by atoms with Crippen LogP contribution < -0.4 is 5.56 Å². The third kappa shape index (κ3) is 3.72. The molecule has 3 fully saturated rings. The number of fused-ring (bicyclic) bond motifs is 4. The predicted molar refractivity (Wildman–Crippen MR) is 113 cm³/mol. The molecule has 4 aliphatic rings. The number of morpholine rings is 1. The molecule has 1 N–H and O–H groups in total. The number of amides is 1. The number of pyridine rings is 1. The SMILES string of the molecule is O=C(c1ccc2n(c1=O)C[C@H]1C[C@@H]2CN(C2CCCCC2)C1)N1CCO[C@@H](CO)C1. The summed E-state index contributed by atoms with van der Waals surface area (Å²) in [6.45, 7) is 3.90. The van der Waals surface area contributed by atoms with Crippen LogP contribution in [0.15, 0.2) is 16.9 Å². The molecule has 0 aromatic carbocycles. The minimum atomic E-state index is -0.367. The number of likely N-dealkylation sites (tertiary alicyclic amines) is 1. The van der Waals surface area contributed by atoms with Gasteiger partial charge in [-0.05, 0) is 37.3 Å². The number of hydrogen-bond donors (Lipinski definition) is 1. The van der Waals surface area contributed by atoms with Gasteiger partial charge >= 0.3 is 0 Å². The number of aromatic nitrogens is 1. The van der Waals surface area contributed by atoms with E-state index in [1.807, 2.05) is 10.6 Å². The molecule has 0 unspecified atom stereocenters. The Hall–Kier alpha value is -1.70. The molecule has 164 valence electrons. The van der Waals surface area contributed by atoms with E-state index in [0.717, 1.165) is 31.7 Å². The fraction of sp³-hybridized carbons (Fsp3) is 0.739. The third-order valence-corrected chi connectivity index (χ3v) is 7.58. The van der Waals surface area contributed by atoms with Gasteiger partial charge < -0.3 is 19.3 Å². The van der Waals surface area contributed by atoms with E-state index in [1.165, 1.54) is 32.1 Å². The third-order valence-electron chi connectivity index (χ3n) is 7.58. The Balaban J connectivity index is 1.37. The van der Waals surface area contributed by atoms with E-state index in [0.29, 0.717) is 37.6 Å². The zero-order valence-electron chi connectivity index (χ0n) is 17.7. The van der Waals surface area contributed by atoms with E-state index in [-0.39, 0.29) is 29.7 Å². The van der Waals surface area contributed by atoms with Crippen LogP contribution in [0.25, 0.3) is 0 Å². The van der Waals surface area contributed by atoms with E-state index < -0.39 is 0 Å². The van der Waals surface area contributed by atoms with Gasteiger partial charge in [-0.1, -0.05) is 19.3 Å². The zero-order valence-corrected chi connectivity index (χ0v) is 17.7. The summed E-state index contributed by atoms with van der Waals surface area (Å²) in [5.41, 5.74) is 1.20. The first-order valence-corrected chi connectivity index (χ1v) is 11.6. The van der Waals surface area contributed by atoms with Crippen LogP contribution in [0.2, 0.25) is 0 Å². The van der Waals surface area contributed by atoms with Crippen LogP contribution in [0.3, 0.4) is 0 Å². The van der Waals surface area contributed by atoms with E-state index in [9.17, 15) is 14.7 Å². The normalized spacial score (nSPS) is 30.2. The zero-order chi connectivity index (χ0) is 20.7. The average Bonchev–Trinajstić information content (AvgIpc) is 2.80. The maximum absolute atomic E-state index is 13.3. The minimum Gasteiger partial charge on any atom is -0.394 e. The molecule has 0 spiro atoms. The first-order valence-electron chi connectivity index (χ1n) is 11.6. The van der Waals surface area contributed by atoms with Crippen molar-refractivity contribution in [3.05, 3.63) is 33.7 Å². The molecule has 2 bridgehead atoms. The molecule has 5 rings (SSSR count). The number of rotatable bonds is 3. The molecule has 30 heavy (non-hydrogen) atoms. The highest BCUT2D eigenvalue weighted by molar-refractivity contribution is 5.94. The van der Waals surface area contributed by atoms with E-state index in [1.54, 1.807) is 11.0 Å². The van der Waals surface area contributed by atoms with Gasteiger partial charge in [0, 0.05) is 50.4 Å². The van der Waals surface area contributed by atoms with Gasteiger partial charge in [0.05, 0.1) is 19.3 Å². The molecule has 3 atom stereocenters.